The summed E-state index contributed by atoms with van der Waals surface area (Å²) in [6.45, 7) is 1.05. The number of halogens is 6. The third kappa shape index (κ3) is 7.98. The molecule has 216 valence electrons. The second-order valence-corrected chi connectivity index (χ2v) is 10.3. The van der Waals surface area contributed by atoms with E-state index >= 15 is 0 Å². The van der Waals surface area contributed by atoms with Gasteiger partial charge in [-0.05, 0) is 71.3 Å². The van der Waals surface area contributed by atoms with Crippen molar-refractivity contribution in [2.24, 2.45) is 0 Å². The number of alkyl halides is 6. The molecule has 0 aliphatic carbocycles. The van der Waals surface area contributed by atoms with Crippen molar-refractivity contribution < 1.29 is 36.2 Å². The summed E-state index contributed by atoms with van der Waals surface area (Å²) < 4.78 is 88.1. The van der Waals surface area contributed by atoms with Crippen LogP contribution in [0.3, 0.4) is 0 Å². The molecule has 0 saturated carbocycles. The number of rotatable bonds is 10. The molecule has 0 bridgehead atoms. The predicted octanol–water partition coefficient (Wildman–Crippen LogP) is 9.41. The van der Waals surface area contributed by atoms with Gasteiger partial charge in [0.1, 0.15) is 11.5 Å². The van der Waals surface area contributed by atoms with Crippen LogP contribution in [0.15, 0.2) is 102 Å². The van der Waals surface area contributed by atoms with Crippen molar-refractivity contribution in [3.63, 3.8) is 0 Å². The minimum Gasteiger partial charge on any atom is -0.457 e. The second kappa shape index (κ2) is 12.9. The van der Waals surface area contributed by atoms with Crippen LogP contribution in [-0.2, 0) is 19.1 Å². The Kier molecular flexibility index (Phi) is 9.55. The van der Waals surface area contributed by atoms with Gasteiger partial charge in [0.25, 0.3) is 0 Å². The molecule has 0 amide bonds. The van der Waals surface area contributed by atoms with Crippen LogP contribution in [0.4, 0.5) is 32.0 Å². The Labute approximate surface area is 238 Å². The third-order valence-electron chi connectivity index (χ3n) is 6.40. The highest BCUT2D eigenvalue weighted by molar-refractivity contribution is 8.00. The molecule has 4 rings (SSSR count). The van der Waals surface area contributed by atoms with Crippen LogP contribution in [0.5, 0.6) is 11.5 Å². The van der Waals surface area contributed by atoms with Crippen molar-refractivity contribution in [2.75, 3.05) is 11.5 Å². The number of hydrogen-bond acceptors (Lipinski definition) is 4. The Balaban J connectivity index is 1.81. The highest BCUT2D eigenvalue weighted by atomic mass is 32.2. The van der Waals surface area contributed by atoms with E-state index in [0.717, 1.165) is 18.1 Å². The lowest BCUT2D eigenvalue weighted by Crippen LogP contribution is -2.32. The van der Waals surface area contributed by atoms with Gasteiger partial charge in [0, 0.05) is 23.2 Å². The number of hydrogen-bond donors (Lipinski definition) is 1. The van der Waals surface area contributed by atoms with Crippen molar-refractivity contribution in [3.05, 3.63) is 119 Å². The molecule has 0 spiro atoms. The molecule has 3 nitrogen and oxygen atoms in total. The van der Waals surface area contributed by atoms with E-state index in [1.165, 1.54) is 41.3 Å². The van der Waals surface area contributed by atoms with E-state index in [0.29, 0.717) is 17.2 Å². The van der Waals surface area contributed by atoms with E-state index in [1.807, 2.05) is 25.1 Å². The monoisotopic (exact) mass is 591 g/mol. The summed E-state index contributed by atoms with van der Waals surface area (Å²) in [6, 6.07) is 23.4. The topological polar surface area (TPSA) is 32.7 Å². The molecular formula is C31H27F6NO2S. The first-order valence-corrected chi connectivity index (χ1v) is 13.5. The third-order valence-corrected chi connectivity index (χ3v) is 7.25. The largest absolute Gasteiger partial charge is 0.457 e. The molecule has 0 saturated heterocycles. The summed E-state index contributed by atoms with van der Waals surface area (Å²) in [7, 11) is 0. The fourth-order valence-corrected chi connectivity index (χ4v) is 5.18. The number of ether oxygens (including phenoxy) is 1. The lowest BCUT2D eigenvalue weighted by Gasteiger charge is -2.35. The molecule has 0 radical (unpaired) electrons. The van der Waals surface area contributed by atoms with Gasteiger partial charge in [-0.2, -0.15) is 26.3 Å². The molecule has 1 atom stereocenters. The number of thioether (sulfide) groups is 1. The minimum absolute atomic E-state index is 0.0884. The number of nitrogens with zero attached hydrogens (tertiary/aromatic N) is 1. The van der Waals surface area contributed by atoms with Crippen molar-refractivity contribution >= 4 is 17.4 Å². The van der Waals surface area contributed by atoms with Crippen LogP contribution in [0.2, 0.25) is 0 Å². The standard InChI is InChI=1S/C31H27F6NO2S/c1-2-21-9-7-12-24(17-21)40-25-13-8-11-23(18-25)38(19-22-10-3-6-16-29(22)41-31(35,36)37)28(20-39)26-14-4-5-15-27(26)30(32,33)34/h3-18,28,39H,2,19-20H2,1H3. The molecule has 1 unspecified atom stereocenters. The molecule has 0 aromatic heterocycles. The minimum atomic E-state index is -4.71. The average Bonchev–Trinajstić information content (AvgIpc) is 2.93. The van der Waals surface area contributed by atoms with Crippen LogP contribution in [0, 0.1) is 0 Å². The van der Waals surface area contributed by atoms with Gasteiger partial charge in [0.05, 0.1) is 18.2 Å². The Hall–Kier alpha value is -3.63. The van der Waals surface area contributed by atoms with Gasteiger partial charge in [-0.1, -0.05) is 61.5 Å². The van der Waals surface area contributed by atoms with E-state index in [9.17, 15) is 31.4 Å². The zero-order valence-electron chi connectivity index (χ0n) is 21.9. The van der Waals surface area contributed by atoms with Gasteiger partial charge >= 0.3 is 11.7 Å². The van der Waals surface area contributed by atoms with Crippen LogP contribution < -0.4 is 9.64 Å². The van der Waals surface area contributed by atoms with E-state index < -0.39 is 29.9 Å². The summed E-state index contributed by atoms with van der Waals surface area (Å²) in [4.78, 5) is 1.38. The number of aliphatic hydroxyl groups excluding tert-OH is 1. The van der Waals surface area contributed by atoms with E-state index in [2.05, 4.69) is 0 Å². The molecule has 0 aliphatic rings. The summed E-state index contributed by atoms with van der Waals surface area (Å²) >= 11 is -0.298. The molecule has 0 aliphatic heterocycles. The molecule has 0 heterocycles. The van der Waals surface area contributed by atoms with Crippen molar-refractivity contribution in [2.45, 2.75) is 42.5 Å². The maximum Gasteiger partial charge on any atom is 0.446 e. The van der Waals surface area contributed by atoms with E-state index in [-0.39, 0.29) is 34.3 Å². The molecular weight excluding hydrogens is 564 g/mol. The first kappa shape index (κ1) is 30.3. The predicted molar refractivity (Wildman–Crippen MR) is 148 cm³/mol. The first-order valence-electron chi connectivity index (χ1n) is 12.7. The van der Waals surface area contributed by atoms with E-state index in [1.54, 1.807) is 36.4 Å². The Bertz CT molecular complexity index is 1460. The van der Waals surface area contributed by atoms with Gasteiger partial charge in [-0.15, -0.1) is 0 Å². The summed E-state index contributed by atoms with van der Waals surface area (Å²) in [5.74, 6) is 0.931. The van der Waals surface area contributed by atoms with Crippen LogP contribution in [0.1, 0.15) is 35.2 Å². The zero-order valence-corrected chi connectivity index (χ0v) is 22.7. The molecule has 4 aromatic carbocycles. The van der Waals surface area contributed by atoms with Crippen molar-refractivity contribution in [3.8, 4) is 11.5 Å². The highest BCUT2D eigenvalue weighted by Crippen LogP contribution is 2.42. The van der Waals surface area contributed by atoms with Crippen LogP contribution in [-0.4, -0.2) is 17.2 Å². The zero-order chi connectivity index (χ0) is 29.6. The molecule has 0 fully saturated rings. The van der Waals surface area contributed by atoms with E-state index in [4.69, 9.17) is 4.74 Å². The van der Waals surface area contributed by atoms with Crippen LogP contribution >= 0.6 is 11.8 Å². The maximum absolute atomic E-state index is 14.0. The van der Waals surface area contributed by atoms with Crippen molar-refractivity contribution in [1.82, 2.24) is 0 Å². The molecule has 41 heavy (non-hydrogen) atoms. The second-order valence-electron chi connectivity index (χ2n) is 9.17. The van der Waals surface area contributed by atoms with Crippen LogP contribution in [0.25, 0.3) is 0 Å². The Morgan fingerprint density at radius 2 is 1.46 bits per heavy atom. The SMILES string of the molecule is CCc1cccc(Oc2cccc(N(Cc3ccccc3SC(F)(F)F)C(CO)c3ccccc3C(F)(F)F)c2)c1. The molecule has 1 N–H and O–H groups in total. The van der Waals surface area contributed by atoms with Gasteiger partial charge in [-0.25, -0.2) is 0 Å². The van der Waals surface area contributed by atoms with Crippen molar-refractivity contribution in [1.29, 1.82) is 0 Å². The lowest BCUT2D eigenvalue weighted by atomic mass is 9.97. The van der Waals surface area contributed by atoms with Gasteiger partial charge in [-0.3, -0.25) is 0 Å². The normalized spacial score (nSPS) is 12.7. The summed E-state index contributed by atoms with van der Waals surface area (Å²) in [5, 5.41) is 10.5. The Morgan fingerprint density at radius 3 is 2.15 bits per heavy atom. The maximum atomic E-state index is 14.0. The number of anilines is 1. The number of aryl methyl sites for hydroxylation is 1. The lowest BCUT2D eigenvalue weighted by molar-refractivity contribution is -0.138. The fraction of sp³-hybridized carbons (Fsp3) is 0.226. The fourth-order valence-electron chi connectivity index (χ4n) is 4.52. The van der Waals surface area contributed by atoms with Gasteiger partial charge in [0.2, 0.25) is 0 Å². The van der Waals surface area contributed by atoms with Gasteiger partial charge < -0.3 is 14.7 Å². The first-order chi connectivity index (χ1) is 19.5. The molecule has 4 aromatic rings. The molecule has 10 heteroatoms. The van der Waals surface area contributed by atoms with Gasteiger partial charge in [0.15, 0.2) is 0 Å². The highest BCUT2D eigenvalue weighted by Gasteiger charge is 2.37. The number of benzene rings is 4. The smallest absolute Gasteiger partial charge is 0.446 e. The quantitative estimate of drug-likeness (QED) is 0.147. The number of aliphatic hydroxyl groups is 1. The average molecular weight is 592 g/mol. The summed E-state index contributed by atoms with van der Waals surface area (Å²) in [6.07, 6.45) is -3.92. The Morgan fingerprint density at radius 1 is 0.805 bits per heavy atom. The summed E-state index contributed by atoms with van der Waals surface area (Å²) in [5.41, 5.74) is -4.07.